The Bertz CT molecular complexity index is 553. The van der Waals surface area contributed by atoms with Gasteiger partial charge in [0.15, 0.2) is 0 Å². The number of carbonyl (C=O) groups excluding carboxylic acids is 1. The molecule has 0 aliphatic carbocycles. The Kier molecular flexibility index (Phi) is 3.91. The second-order valence-corrected chi connectivity index (χ2v) is 6.43. The molecular formula is C10H13N3O3S2. The molecule has 4 N–H and O–H groups in total. The van der Waals surface area contributed by atoms with Gasteiger partial charge in [-0.15, -0.1) is 11.8 Å². The van der Waals surface area contributed by atoms with E-state index in [0.717, 1.165) is 5.88 Å². The monoisotopic (exact) mass is 287 g/mol. The molecule has 0 aromatic heterocycles. The predicted molar refractivity (Wildman–Crippen MR) is 70.7 cm³/mol. The summed E-state index contributed by atoms with van der Waals surface area (Å²) in [7, 11) is -3.75. The van der Waals surface area contributed by atoms with Gasteiger partial charge in [-0.3, -0.25) is 10.1 Å². The fraction of sp³-hybridized carbons (Fsp3) is 0.300. The van der Waals surface area contributed by atoms with Gasteiger partial charge in [0.2, 0.25) is 15.9 Å². The van der Waals surface area contributed by atoms with Gasteiger partial charge >= 0.3 is 0 Å². The van der Waals surface area contributed by atoms with E-state index < -0.39 is 10.0 Å². The maximum atomic E-state index is 11.8. The number of rotatable bonds is 3. The number of sulfonamides is 1. The van der Waals surface area contributed by atoms with E-state index in [1.54, 1.807) is 17.8 Å². The Morgan fingerprint density at radius 1 is 1.50 bits per heavy atom. The molecule has 6 nitrogen and oxygen atoms in total. The van der Waals surface area contributed by atoms with E-state index in [0.29, 0.717) is 11.4 Å². The van der Waals surface area contributed by atoms with Crippen LogP contribution in [0.2, 0.25) is 0 Å². The fourth-order valence-electron chi connectivity index (χ4n) is 1.54. The zero-order valence-corrected chi connectivity index (χ0v) is 11.1. The molecule has 0 spiro atoms. The Balaban J connectivity index is 2.12. The Hall–Kier alpha value is -1.09. The van der Waals surface area contributed by atoms with Crippen molar-refractivity contribution in [1.82, 2.24) is 5.32 Å². The van der Waals surface area contributed by atoms with Crippen molar-refractivity contribution in [2.24, 2.45) is 5.14 Å². The third-order valence-corrected chi connectivity index (χ3v) is 4.31. The van der Waals surface area contributed by atoms with Crippen molar-refractivity contribution >= 4 is 33.4 Å². The highest BCUT2D eigenvalue weighted by Gasteiger charge is 2.22. The summed E-state index contributed by atoms with van der Waals surface area (Å²) >= 11 is 1.64. The highest BCUT2D eigenvalue weighted by molar-refractivity contribution is 7.99. The summed E-state index contributed by atoms with van der Waals surface area (Å²) in [6.07, 6.45) is 0. The molecule has 2 rings (SSSR count). The molecule has 98 valence electrons. The fourth-order valence-corrected chi connectivity index (χ4v) is 3.05. The minimum Gasteiger partial charge on any atom is -0.325 e. The van der Waals surface area contributed by atoms with E-state index in [1.807, 2.05) is 0 Å². The summed E-state index contributed by atoms with van der Waals surface area (Å²) in [5, 5.41) is 10.7. The van der Waals surface area contributed by atoms with Crippen molar-refractivity contribution in [1.29, 1.82) is 0 Å². The molecule has 1 saturated heterocycles. The van der Waals surface area contributed by atoms with Crippen LogP contribution >= 0.6 is 11.8 Å². The number of hydrogen-bond donors (Lipinski definition) is 3. The molecule has 18 heavy (non-hydrogen) atoms. The SMILES string of the molecule is NS(=O)(=O)c1cccc(NC(=O)C2CSCN2)c1. The minimum absolute atomic E-state index is 0.0194. The second-order valence-electron chi connectivity index (χ2n) is 3.83. The first-order chi connectivity index (χ1) is 8.47. The Labute approximate surface area is 109 Å². The first-order valence-electron chi connectivity index (χ1n) is 5.22. The maximum absolute atomic E-state index is 11.8. The van der Waals surface area contributed by atoms with Crippen LogP contribution in [0.4, 0.5) is 5.69 Å². The van der Waals surface area contributed by atoms with Crippen molar-refractivity contribution < 1.29 is 13.2 Å². The van der Waals surface area contributed by atoms with Gasteiger partial charge in [0.25, 0.3) is 0 Å². The van der Waals surface area contributed by atoms with Gasteiger partial charge in [0.05, 0.1) is 10.9 Å². The van der Waals surface area contributed by atoms with E-state index in [4.69, 9.17) is 5.14 Å². The van der Waals surface area contributed by atoms with Crippen molar-refractivity contribution in [3.05, 3.63) is 24.3 Å². The minimum atomic E-state index is -3.75. The average molecular weight is 287 g/mol. The van der Waals surface area contributed by atoms with Crippen LogP contribution < -0.4 is 15.8 Å². The lowest BCUT2D eigenvalue weighted by Crippen LogP contribution is -2.37. The number of anilines is 1. The van der Waals surface area contributed by atoms with Gasteiger partial charge in [0.1, 0.15) is 0 Å². The lowest BCUT2D eigenvalue weighted by molar-refractivity contribution is -0.117. The molecule has 1 aromatic rings. The highest BCUT2D eigenvalue weighted by Crippen LogP contribution is 2.16. The first kappa shape index (κ1) is 13.3. The molecule has 1 atom stereocenters. The lowest BCUT2D eigenvalue weighted by Gasteiger charge is -2.11. The van der Waals surface area contributed by atoms with Crippen molar-refractivity contribution in [3.8, 4) is 0 Å². The van der Waals surface area contributed by atoms with Gasteiger partial charge in [-0.2, -0.15) is 0 Å². The third kappa shape index (κ3) is 3.22. The quantitative estimate of drug-likeness (QED) is 0.722. The Morgan fingerprint density at radius 2 is 2.28 bits per heavy atom. The van der Waals surface area contributed by atoms with Crippen LogP contribution in [-0.2, 0) is 14.8 Å². The van der Waals surface area contributed by atoms with Crippen LogP contribution in [0.15, 0.2) is 29.2 Å². The van der Waals surface area contributed by atoms with Crippen LogP contribution in [0.3, 0.4) is 0 Å². The van der Waals surface area contributed by atoms with Gasteiger partial charge < -0.3 is 5.32 Å². The van der Waals surface area contributed by atoms with Gasteiger partial charge in [-0.05, 0) is 18.2 Å². The summed E-state index contributed by atoms with van der Waals surface area (Å²) in [5.74, 6) is 1.28. The molecule has 0 radical (unpaired) electrons. The van der Waals surface area contributed by atoms with E-state index >= 15 is 0 Å². The number of carbonyl (C=O) groups is 1. The Morgan fingerprint density at radius 3 is 2.89 bits per heavy atom. The number of nitrogens with one attached hydrogen (secondary N) is 2. The molecule has 8 heteroatoms. The molecule has 1 heterocycles. The summed E-state index contributed by atoms with van der Waals surface area (Å²) in [6.45, 7) is 0. The molecule has 1 amide bonds. The van der Waals surface area contributed by atoms with Crippen LogP contribution in [0.1, 0.15) is 0 Å². The molecule has 1 fully saturated rings. The number of primary sulfonamides is 1. The number of hydrogen-bond acceptors (Lipinski definition) is 5. The third-order valence-electron chi connectivity index (χ3n) is 2.46. The summed E-state index contributed by atoms with van der Waals surface area (Å²) in [4.78, 5) is 11.8. The average Bonchev–Trinajstić information content (AvgIpc) is 2.81. The molecule has 0 bridgehead atoms. The van der Waals surface area contributed by atoms with Gasteiger partial charge in [0, 0.05) is 17.3 Å². The van der Waals surface area contributed by atoms with E-state index in [1.165, 1.54) is 18.2 Å². The van der Waals surface area contributed by atoms with Crippen molar-refractivity contribution in [2.75, 3.05) is 16.9 Å². The van der Waals surface area contributed by atoms with Crippen LogP contribution in [0, 0.1) is 0 Å². The number of benzene rings is 1. The van der Waals surface area contributed by atoms with Gasteiger partial charge in [-0.1, -0.05) is 6.07 Å². The van der Waals surface area contributed by atoms with E-state index in [9.17, 15) is 13.2 Å². The highest BCUT2D eigenvalue weighted by atomic mass is 32.2. The summed E-state index contributed by atoms with van der Waals surface area (Å²) < 4.78 is 22.4. The van der Waals surface area contributed by atoms with Crippen molar-refractivity contribution in [2.45, 2.75) is 10.9 Å². The molecule has 1 aliphatic heterocycles. The first-order valence-corrected chi connectivity index (χ1v) is 7.92. The number of thioether (sulfide) groups is 1. The lowest BCUT2D eigenvalue weighted by atomic mass is 10.2. The topological polar surface area (TPSA) is 101 Å². The summed E-state index contributed by atoms with van der Waals surface area (Å²) in [5.41, 5.74) is 0.422. The van der Waals surface area contributed by atoms with E-state index in [2.05, 4.69) is 10.6 Å². The molecule has 1 aliphatic rings. The molecule has 1 aromatic carbocycles. The zero-order valence-electron chi connectivity index (χ0n) is 9.42. The summed E-state index contributed by atoms with van der Waals surface area (Å²) in [6, 6.07) is 5.64. The maximum Gasteiger partial charge on any atom is 0.242 e. The standard InChI is InChI=1S/C10H13N3O3S2/c11-18(15,16)8-3-1-2-7(4-8)13-10(14)9-5-17-6-12-9/h1-4,9,12H,5-6H2,(H,13,14)(H2,11,15,16). The van der Waals surface area contributed by atoms with Crippen LogP contribution in [-0.4, -0.2) is 32.0 Å². The molecular weight excluding hydrogens is 274 g/mol. The predicted octanol–water partition coefficient (Wildman–Crippen LogP) is -0.0650. The molecule has 0 saturated carbocycles. The largest absolute Gasteiger partial charge is 0.325 e. The number of nitrogens with two attached hydrogens (primary N) is 1. The number of amides is 1. The van der Waals surface area contributed by atoms with Crippen LogP contribution in [0.25, 0.3) is 0 Å². The van der Waals surface area contributed by atoms with Crippen LogP contribution in [0.5, 0.6) is 0 Å². The second kappa shape index (κ2) is 5.27. The normalized spacial score (nSPS) is 19.7. The molecule has 1 unspecified atom stereocenters. The van der Waals surface area contributed by atoms with Crippen molar-refractivity contribution in [3.63, 3.8) is 0 Å². The smallest absolute Gasteiger partial charge is 0.242 e. The zero-order chi connectivity index (χ0) is 13.2. The van der Waals surface area contributed by atoms with E-state index in [-0.39, 0.29) is 16.8 Å². The van der Waals surface area contributed by atoms with Gasteiger partial charge in [-0.25, -0.2) is 13.6 Å².